The number of ether oxygens (including phenoxy) is 1. The summed E-state index contributed by atoms with van der Waals surface area (Å²) in [6.07, 6.45) is -0.488. The first-order valence-electron chi connectivity index (χ1n) is 8.01. The smallest absolute Gasteiger partial charge is 0.410 e. The maximum absolute atomic E-state index is 12.2. The van der Waals surface area contributed by atoms with E-state index in [-0.39, 0.29) is 31.2 Å². The molecule has 1 aromatic rings. The van der Waals surface area contributed by atoms with E-state index in [1.807, 2.05) is 6.92 Å². The monoisotopic (exact) mass is 371 g/mol. The first-order valence-corrected chi connectivity index (χ1v) is 9.42. The molecule has 8 heteroatoms. The summed E-state index contributed by atoms with van der Waals surface area (Å²) in [6.45, 7) is 7.04. The number of aliphatic hydroxyl groups is 1. The van der Waals surface area contributed by atoms with Gasteiger partial charge in [-0.05, 0) is 39.8 Å². The lowest BCUT2D eigenvalue weighted by molar-refractivity contribution is -0.0732. The molecule has 2 rings (SSSR count). The second-order valence-electron chi connectivity index (χ2n) is 7.52. The van der Waals surface area contributed by atoms with Gasteiger partial charge in [-0.25, -0.2) is 4.79 Å². The van der Waals surface area contributed by atoms with Gasteiger partial charge in [0.15, 0.2) is 0 Å². The van der Waals surface area contributed by atoms with Crippen LogP contribution >= 0.6 is 0 Å². The van der Waals surface area contributed by atoms with Crippen molar-refractivity contribution >= 4 is 16.2 Å². The Morgan fingerprint density at radius 1 is 1.24 bits per heavy atom. The van der Waals surface area contributed by atoms with Gasteiger partial charge >= 0.3 is 6.09 Å². The van der Waals surface area contributed by atoms with Crippen LogP contribution in [-0.2, 0) is 19.0 Å². The number of aliphatic hydroxyl groups excluding tert-OH is 1. The van der Waals surface area contributed by atoms with Crippen molar-refractivity contribution in [2.75, 3.05) is 26.3 Å². The number of hydrogen-bond acceptors (Lipinski definition) is 6. The molecule has 1 aliphatic rings. The van der Waals surface area contributed by atoms with Crippen LogP contribution in [0.15, 0.2) is 29.2 Å². The van der Waals surface area contributed by atoms with Crippen LogP contribution in [0.25, 0.3) is 0 Å². The molecule has 0 aromatic heterocycles. The summed E-state index contributed by atoms with van der Waals surface area (Å²) in [4.78, 5) is 13.4. The summed E-state index contributed by atoms with van der Waals surface area (Å²) in [6, 6.07) is 6.32. The summed E-state index contributed by atoms with van der Waals surface area (Å²) in [5, 5.41) is 9.62. The maximum Gasteiger partial charge on any atom is 0.410 e. The number of carbonyl (C=O) groups is 1. The first-order chi connectivity index (χ1) is 11.5. The van der Waals surface area contributed by atoms with Gasteiger partial charge in [0.1, 0.15) is 5.60 Å². The third-order valence-electron chi connectivity index (χ3n) is 3.87. The summed E-state index contributed by atoms with van der Waals surface area (Å²) < 4.78 is 34.8. The van der Waals surface area contributed by atoms with Crippen LogP contribution < -0.4 is 0 Å². The number of nitrogens with zero attached hydrogens (tertiary/aromatic N) is 1. The Hall–Kier alpha value is -1.64. The van der Waals surface area contributed by atoms with E-state index < -0.39 is 27.2 Å². The van der Waals surface area contributed by atoms with Gasteiger partial charge in [0.05, 0.1) is 23.5 Å². The molecule has 25 heavy (non-hydrogen) atoms. The van der Waals surface area contributed by atoms with Crippen LogP contribution in [0.3, 0.4) is 0 Å². The summed E-state index contributed by atoms with van der Waals surface area (Å²) in [5.41, 5.74) is -0.466. The van der Waals surface area contributed by atoms with Gasteiger partial charge in [-0.3, -0.25) is 4.18 Å². The minimum Gasteiger partial charge on any atom is -0.444 e. The average Bonchev–Trinajstić information content (AvgIpc) is 2.45. The molecule has 0 radical (unpaired) electrons. The highest BCUT2D eigenvalue weighted by Crippen LogP contribution is 2.32. The van der Waals surface area contributed by atoms with Crippen molar-refractivity contribution in [1.82, 2.24) is 4.90 Å². The number of benzene rings is 1. The molecule has 140 valence electrons. The highest BCUT2D eigenvalue weighted by atomic mass is 32.2. The predicted molar refractivity (Wildman–Crippen MR) is 91.6 cm³/mol. The van der Waals surface area contributed by atoms with E-state index in [1.54, 1.807) is 32.9 Å². The standard InChI is InChI=1S/C17H25NO6S/c1-13-5-7-14(8-6-13)25(21,22)23-12-17(11-19)9-18(10-17)15(20)24-16(2,3)4/h5-8,19H,9-12H2,1-4H3. The molecule has 7 nitrogen and oxygen atoms in total. The fourth-order valence-corrected chi connectivity index (χ4v) is 3.44. The van der Waals surface area contributed by atoms with Crippen LogP contribution in [0.5, 0.6) is 0 Å². The third-order valence-corrected chi connectivity index (χ3v) is 5.15. The molecule has 0 bridgehead atoms. The van der Waals surface area contributed by atoms with Crippen molar-refractivity contribution in [2.24, 2.45) is 5.41 Å². The average molecular weight is 371 g/mol. The lowest BCUT2D eigenvalue weighted by Gasteiger charge is -2.48. The molecule has 0 atom stereocenters. The quantitative estimate of drug-likeness (QED) is 0.795. The minimum atomic E-state index is -3.91. The maximum atomic E-state index is 12.2. The van der Waals surface area contributed by atoms with Crippen molar-refractivity contribution in [2.45, 2.75) is 38.2 Å². The van der Waals surface area contributed by atoms with E-state index in [0.29, 0.717) is 0 Å². The molecule has 1 amide bonds. The molecule has 0 spiro atoms. The van der Waals surface area contributed by atoms with Crippen LogP contribution in [0.4, 0.5) is 4.79 Å². The van der Waals surface area contributed by atoms with E-state index in [4.69, 9.17) is 8.92 Å². The van der Waals surface area contributed by atoms with Gasteiger partial charge in [-0.1, -0.05) is 17.7 Å². The van der Waals surface area contributed by atoms with E-state index in [9.17, 15) is 18.3 Å². The molecule has 0 unspecified atom stereocenters. The van der Waals surface area contributed by atoms with Gasteiger partial charge in [0.25, 0.3) is 10.1 Å². The Bertz CT molecular complexity index is 715. The summed E-state index contributed by atoms with van der Waals surface area (Å²) in [7, 11) is -3.91. The fourth-order valence-electron chi connectivity index (χ4n) is 2.43. The first kappa shape index (κ1) is 19.7. The van der Waals surface area contributed by atoms with Gasteiger partial charge < -0.3 is 14.7 Å². The van der Waals surface area contributed by atoms with E-state index in [0.717, 1.165) is 5.56 Å². The third kappa shape index (κ3) is 4.93. The van der Waals surface area contributed by atoms with E-state index in [2.05, 4.69) is 0 Å². The summed E-state index contributed by atoms with van der Waals surface area (Å²) >= 11 is 0. The van der Waals surface area contributed by atoms with Crippen molar-refractivity contribution < 1.29 is 27.2 Å². The number of likely N-dealkylation sites (tertiary alicyclic amines) is 1. The van der Waals surface area contributed by atoms with Crippen molar-refractivity contribution in [1.29, 1.82) is 0 Å². The Kier molecular flexibility index (Phi) is 5.46. The van der Waals surface area contributed by atoms with Crippen LogP contribution in [0.2, 0.25) is 0 Å². The Morgan fingerprint density at radius 3 is 2.28 bits per heavy atom. The van der Waals surface area contributed by atoms with Gasteiger partial charge in [-0.15, -0.1) is 0 Å². The van der Waals surface area contributed by atoms with Crippen LogP contribution in [-0.4, -0.2) is 56.4 Å². The SMILES string of the molecule is Cc1ccc(S(=O)(=O)OCC2(CO)CN(C(=O)OC(C)(C)C)C2)cc1. The fraction of sp³-hybridized carbons (Fsp3) is 0.588. The van der Waals surface area contributed by atoms with Gasteiger partial charge in [-0.2, -0.15) is 8.42 Å². The Labute approximate surface area is 148 Å². The predicted octanol–water partition coefficient (Wildman–Crippen LogP) is 1.93. The van der Waals surface area contributed by atoms with Crippen LogP contribution in [0, 0.1) is 12.3 Å². The zero-order valence-electron chi connectivity index (χ0n) is 15.0. The largest absolute Gasteiger partial charge is 0.444 e. The summed E-state index contributed by atoms with van der Waals surface area (Å²) in [5.74, 6) is 0. The molecule has 1 aliphatic heterocycles. The van der Waals surface area contributed by atoms with Gasteiger partial charge in [0, 0.05) is 13.1 Å². The second-order valence-corrected chi connectivity index (χ2v) is 9.14. The van der Waals surface area contributed by atoms with Gasteiger partial charge in [0.2, 0.25) is 0 Å². The Morgan fingerprint density at radius 2 is 1.80 bits per heavy atom. The minimum absolute atomic E-state index is 0.0644. The Balaban J connectivity index is 1.95. The molecule has 1 aromatic carbocycles. The highest BCUT2D eigenvalue weighted by Gasteiger charge is 2.47. The number of carbonyl (C=O) groups excluding carboxylic acids is 1. The van der Waals surface area contributed by atoms with Crippen molar-refractivity contribution in [3.05, 3.63) is 29.8 Å². The second kappa shape index (κ2) is 6.93. The van der Waals surface area contributed by atoms with E-state index >= 15 is 0 Å². The molecule has 0 saturated carbocycles. The molecule has 1 N–H and O–H groups in total. The molecule has 1 saturated heterocycles. The van der Waals surface area contributed by atoms with Crippen molar-refractivity contribution in [3.63, 3.8) is 0 Å². The van der Waals surface area contributed by atoms with E-state index in [1.165, 1.54) is 17.0 Å². The number of amides is 1. The lowest BCUT2D eigenvalue weighted by Crippen LogP contribution is -2.63. The molecular weight excluding hydrogens is 346 g/mol. The van der Waals surface area contributed by atoms with Crippen LogP contribution in [0.1, 0.15) is 26.3 Å². The highest BCUT2D eigenvalue weighted by molar-refractivity contribution is 7.86. The molecule has 1 fully saturated rings. The number of rotatable bonds is 5. The zero-order chi connectivity index (χ0) is 18.9. The molecule has 1 heterocycles. The molecule has 0 aliphatic carbocycles. The topological polar surface area (TPSA) is 93.1 Å². The normalized spacial score (nSPS) is 17.1. The zero-order valence-corrected chi connectivity index (χ0v) is 15.8. The van der Waals surface area contributed by atoms with Crippen molar-refractivity contribution in [3.8, 4) is 0 Å². The molecular formula is C17H25NO6S. The lowest BCUT2D eigenvalue weighted by atomic mass is 9.82. The number of aryl methyl sites for hydroxylation is 1. The number of hydrogen-bond donors (Lipinski definition) is 1.